The summed E-state index contributed by atoms with van der Waals surface area (Å²) < 4.78 is 67.9. The molecule has 1 N–H and O–H groups in total. The molecule has 122 valence electrons. The Hall–Kier alpha value is -2.23. The molecule has 0 aromatic heterocycles. The average Bonchev–Trinajstić information content (AvgIpc) is 2.37. The summed E-state index contributed by atoms with van der Waals surface area (Å²) >= 11 is 0. The van der Waals surface area contributed by atoms with Crippen molar-refractivity contribution in [2.24, 2.45) is 0 Å². The lowest BCUT2D eigenvalue weighted by Gasteiger charge is -2.13. The minimum atomic E-state index is -5.82. The second kappa shape index (κ2) is 6.69. The van der Waals surface area contributed by atoms with E-state index in [2.05, 4.69) is 4.18 Å². The van der Waals surface area contributed by atoms with E-state index in [1.54, 1.807) is 0 Å². The number of carbonyl (C=O) groups is 1. The van der Waals surface area contributed by atoms with E-state index in [0.717, 1.165) is 24.3 Å². The van der Waals surface area contributed by atoms with Crippen LogP contribution in [0.15, 0.2) is 24.3 Å². The third-order valence-corrected chi connectivity index (χ3v) is 3.13. The minimum absolute atomic E-state index is 0.0362. The fourth-order valence-corrected chi connectivity index (χ4v) is 1.77. The number of hydrogen-bond donors (Lipinski definition) is 1. The van der Waals surface area contributed by atoms with Crippen LogP contribution in [0.25, 0.3) is 6.08 Å². The van der Waals surface area contributed by atoms with Crippen molar-refractivity contribution in [1.82, 2.24) is 0 Å². The van der Waals surface area contributed by atoms with Crippen LogP contribution in [0.4, 0.5) is 13.2 Å². The van der Waals surface area contributed by atoms with Crippen LogP contribution < -0.4 is 8.92 Å². The molecule has 1 aromatic rings. The molecule has 0 aliphatic carbocycles. The maximum absolute atomic E-state index is 12.3. The molecule has 0 heterocycles. The lowest BCUT2D eigenvalue weighted by atomic mass is 10.2. The van der Waals surface area contributed by atoms with E-state index in [9.17, 15) is 26.4 Å². The summed E-state index contributed by atoms with van der Waals surface area (Å²) in [6.07, 6.45) is 1.96. The number of benzene rings is 1. The quantitative estimate of drug-likeness (QED) is 0.486. The maximum Gasteiger partial charge on any atom is 0.534 e. The van der Waals surface area contributed by atoms with Gasteiger partial charge in [-0.2, -0.15) is 21.6 Å². The second-order valence-electron chi connectivity index (χ2n) is 3.79. The molecule has 0 saturated heterocycles. The molecule has 0 saturated carbocycles. The standard InChI is InChI=1S/C12H11F3O6S/c1-2-20-10-7-8(4-6-11(16)17)3-5-9(10)21-22(18,19)12(13,14)15/h3-7H,2H2,1H3,(H,16,17)/b6-4+. The third-order valence-electron chi connectivity index (χ3n) is 2.17. The molecule has 0 aliphatic rings. The summed E-state index contributed by atoms with van der Waals surface area (Å²) in [4.78, 5) is 10.4. The zero-order valence-corrected chi connectivity index (χ0v) is 11.9. The number of hydrogen-bond acceptors (Lipinski definition) is 5. The van der Waals surface area contributed by atoms with Crippen LogP contribution in [-0.2, 0) is 14.9 Å². The van der Waals surface area contributed by atoms with Crippen LogP contribution in [0.3, 0.4) is 0 Å². The number of carboxylic acids is 1. The van der Waals surface area contributed by atoms with Gasteiger partial charge in [0.15, 0.2) is 11.5 Å². The summed E-state index contributed by atoms with van der Waals surface area (Å²) in [6.45, 7) is 1.57. The number of rotatable bonds is 6. The van der Waals surface area contributed by atoms with Crippen molar-refractivity contribution in [1.29, 1.82) is 0 Å². The Labute approximate surface area is 123 Å². The van der Waals surface area contributed by atoms with E-state index in [1.165, 1.54) is 13.0 Å². The van der Waals surface area contributed by atoms with E-state index in [-0.39, 0.29) is 17.9 Å². The lowest BCUT2D eigenvalue weighted by Crippen LogP contribution is -2.28. The van der Waals surface area contributed by atoms with Gasteiger partial charge in [-0.25, -0.2) is 4.79 Å². The molecule has 0 bridgehead atoms. The van der Waals surface area contributed by atoms with E-state index in [0.29, 0.717) is 0 Å². The van der Waals surface area contributed by atoms with E-state index in [4.69, 9.17) is 9.84 Å². The van der Waals surface area contributed by atoms with Crippen molar-refractivity contribution in [2.45, 2.75) is 12.4 Å². The first-order valence-corrected chi connectivity index (χ1v) is 7.16. The van der Waals surface area contributed by atoms with Crippen molar-refractivity contribution in [3.63, 3.8) is 0 Å². The summed E-state index contributed by atoms with van der Waals surface area (Å²) in [7, 11) is -5.82. The van der Waals surface area contributed by atoms with Crippen LogP contribution in [0.1, 0.15) is 12.5 Å². The molecular weight excluding hydrogens is 329 g/mol. The summed E-state index contributed by atoms with van der Waals surface area (Å²) in [5.74, 6) is -2.13. The molecule has 1 rings (SSSR count). The average molecular weight is 340 g/mol. The van der Waals surface area contributed by atoms with Crippen molar-refractivity contribution >= 4 is 22.2 Å². The molecule has 0 fully saturated rings. The highest BCUT2D eigenvalue weighted by Gasteiger charge is 2.48. The molecule has 0 aliphatic heterocycles. The van der Waals surface area contributed by atoms with Gasteiger partial charge in [0.1, 0.15) is 0 Å². The molecule has 10 heteroatoms. The maximum atomic E-state index is 12.3. The van der Waals surface area contributed by atoms with Crippen LogP contribution in [0, 0.1) is 0 Å². The monoisotopic (exact) mass is 340 g/mol. The van der Waals surface area contributed by atoms with Gasteiger partial charge in [0.05, 0.1) is 6.61 Å². The summed E-state index contributed by atoms with van der Waals surface area (Å²) in [5.41, 5.74) is -5.29. The topological polar surface area (TPSA) is 89.9 Å². The fraction of sp³-hybridized carbons (Fsp3) is 0.250. The molecular formula is C12H11F3O6S. The van der Waals surface area contributed by atoms with E-state index < -0.39 is 27.3 Å². The van der Waals surface area contributed by atoms with Gasteiger partial charge in [0.25, 0.3) is 0 Å². The van der Waals surface area contributed by atoms with Crippen molar-refractivity contribution < 1.29 is 40.4 Å². The van der Waals surface area contributed by atoms with Gasteiger partial charge in [0.2, 0.25) is 0 Å². The SMILES string of the molecule is CCOc1cc(/C=C/C(=O)O)ccc1OS(=O)(=O)C(F)(F)F. The smallest absolute Gasteiger partial charge is 0.490 e. The van der Waals surface area contributed by atoms with Crippen LogP contribution >= 0.6 is 0 Å². The predicted octanol–water partition coefficient (Wildman–Crippen LogP) is 2.41. The number of carboxylic acid groups (broad SMARTS) is 1. The van der Waals surface area contributed by atoms with Gasteiger partial charge in [-0.05, 0) is 30.7 Å². The second-order valence-corrected chi connectivity index (χ2v) is 5.33. The molecule has 0 amide bonds. The van der Waals surface area contributed by atoms with Crippen molar-refractivity contribution in [3.05, 3.63) is 29.8 Å². The third kappa shape index (κ3) is 4.65. The molecule has 0 radical (unpaired) electrons. The Bertz CT molecular complexity index is 679. The van der Waals surface area contributed by atoms with Crippen LogP contribution in [0.2, 0.25) is 0 Å². The molecule has 0 unspecified atom stereocenters. The molecule has 0 atom stereocenters. The Morgan fingerprint density at radius 3 is 2.45 bits per heavy atom. The Balaban J connectivity index is 3.18. The number of aliphatic carboxylic acids is 1. The largest absolute Gasteiger partial charge is 0.534 e. The highest BCUT2D eigenvalue weighted by Crippen LogP contribution is 2.34. The number of ether oxygens (including phenoxy) is 1. The zero-order valence-electron chi connectivity index (χ0n) is 11.1. The van der Waals surface area contributed by atoms with Crippen LogP contribution in [-0.4, -0.2) is 31.6 Å². The van der Waals surface area contributed by atoms with Crippen molar-refractivity contribution in [3.8, 4) is 11.5 Å². The fourth-order valence-electron chi connectivity index (χ4n) is 1.30. The first kappa shape index (κ1) is 17.8. The molecule has 0 spiro atoms. The van der Waals surface area contributed by atoms with Crippen LogP contribution in [0.5, 0.6) is 11.5 Å². The zero-order chi connectivity index (χ0) is 17.0. The van der Waals surface area contributed by atoms with Gasteiger partial charge in [-0.15, -0.1) is 0 Å². The first-order valence-electron chi connectivity index (χ1n) is 5.75. The molecule has 22 heavy (non-hydrogen) atoms. The number of alkyl halides is 3. The summed E-state index contributed by atoms with van der Waals surface area (Å²) in [5, 5.41) is 8.50. The number of halogens is 3. The first-order chi connectivity index (χ1) is 10.1. The predicted molar refractivity (Wildman–Crippen MR) is 69.9 cm³/mol. The van der Waals surface area contributed by atoms with Gasteiger partial charge in [-0.1, -0.05) is 6.07 Å². The van der Waals surface area contributed by atoms with Gasteiger partial charge < -0.3 is 14.0 Å². The Morgan fingerprint density at radius 1 is 1.32 bits per heavy atom. The highest BCUT2D eigenvalue weighted by atomic mass is 32.2. The molecule has 6 nitrogen and oxygen atoms in total. The van der Waals surface area contributed by atoms with E-state index in [1.807, 2.05) is 0 Å². The minimum Gasteiger partial charge on any atom is -0.490 e. The van der Waals surface area contributed by atoms with Crippen molar-refractivity contribution in [2.75, 3.05) is 6.61 Å². The van der Waals surface area contributed by atoms with Gasteiger partial charge in [0, 0.05) is 6.08 Å². The Morgan fingerprint density at radius 2 is 1.95 bits per heavy atom. The highest BCUT2D eigenvalue weighted by molar-refractivity contribution is 7.88. The summed E-state index contributed by atoms with van der Waals surface area (Å²) in [6, 6.07) is 3.28. The van der Waals surface area contributed by atoms with E-state index >= 15 is 0 Å². The normalized spacial score (nSPS) is 12.4. The Kier molecular flexibility index (Phi) is 5.42. The molecule has 1 aromatic carbocycles. The van der Waals surface area contributed by atoms with Gasteiger partial charge in [-0.3, -0.25) is 0 Å². The lowest BCUT2D eigenvalue weighted by molar-refractivity contribution is -0.131. The van der Waals surface area contributed by atoms with Gasteiger partial charge >= 0.3 is 21.6 Å².